The quantitative estimate of drug-likeness (QED) is 0.904. The van der Waals surface area contributed by atoms with E-state index in [1.54, 1.807) is 23.2 Å². The first-order valence-corrected chi connectivity index (χ1v) is 6.57. The molecule has 0 aromatic carbocycles. The monoisotopic (exact) mass is 278 g/mol. The number of likely N-dealkylation sites (tertiary alicyclic amines) is 1. The molecule has 1 fully saturated rings. The van der Waals surface area contributed by atoms with Crippen molar-refractivity contribution in [1.29, 1.82) is 0 Å². The maximum atomic E-state index is 12.5. The Balaban J connectivity index is 2.16. The highest BCUT2D eigenvalue weighted by Gasteiger charge is 2.33. The molecule has 2 rings (SSSR count). The summed E-state index contributed by atoms with van der Waals surface area (Å²) in [4.78, 5) is 29.2. The fraction of sp³-hybridized carbons (Fsp3) is 0.500. The van der Waals surface area contributed by atoms with E-state index in [2.05, 4.69) is 4.98 Å². The molecule has 1 aromatic heterocycles. The lowest BCUT2D eigenvalue weighted by Gasteiger charge is -2.36. The van der Waals surface area contributed by atoms with Crippen molar-refractivity contribution >= 4 is 11.9 Å². The minimum atomic E-state index is -0.789. The molecule has 1 saturated heterocycles. The zero-order chi connectivity index (χ0) is 14.7. The van der Waals surface area contributed by atoms with Crippen LogP contribution in [0.3, 0.4) is 0 Å². The Morgan fingerprint density at radius 3 is 2.85 bits per heavy atom. The van der Waals surface area contributed by atoms with Crippen molar-refractivity contribution in [3.63, 3.8) is 0 Å². The summed E-state index contributed by atoms with van der Waals surface area (Å²) >= 11 is 0. The van der Waals surface area contributed by atoms with Crippen LogP contribution in [0.2, 0.25) is 0 Å². The van der Waals surface area contributed by atoms with Crippen molar-refractivity contribution in [3.8, 4) is 5.88 Å². The summed E-state index contributed by atoms with van der Waals surface area (Å²) in [6.45, 7) is 2.31. The largest absolute Gasteiger partial charge is 0.481 e. The maximum Gasteiger partial charge on any atom is 0.306 e. The first kappa shape index (κ1) is 14.3. The van der Waals surface area contributed by atoms with Gasteiger partial charge in [0.1, 0.15) is 5.56 Å². The van der Waals surface area contributed by atoms with E-state index in [4.69, 9.17) is 9.84 Å². The Hall–Kier alpha value is -2.11. The topological polar surface area (TPSA) is 79.7 Å². The summed E-state index contributed by atoms with van der Waals surface area (Å²) in [6, 6.07) is 3.25. The number of aromatic nitrogens is 1. The lowest BCUT2D eigenvalue weighted by Crippen LogP contribution is -2.46. The van der Waals surface area contributed by atoms with E-state index in [-0.39, 0.29) is 17.9 Å². The van der Waals surface area contributed by atoms with Crippen LogP contribution in [0.4, 0.5) is 0 Å². The highest BCUT2D eigenvalue weighted by Crippen LogP contribution is 2.26. The summed E-state index contributed by atoms with van der Waals surface area (Å²) in [5.41, 5.74) is 0.413. The molecule has 2 unspecified atom stereocenters. The number of carbonyl (C=O) groups is 2. The van der Waals surface area contributed by atoms with Crippen molar-refractivity contribution in [1.82, 2.24) is 9.88 Å². The average molecular weight is 278 g/mol. The minimum Gasteiger partial charge on any atom is -0.481 e. The summed E-state index contributed by atoms with van der Waals surface area (Å²) < 4.78 is 5.10. The molecule has 0 aliphatic carbocycles. The van der Waals surface area contributed by atoms with Crippen molar-refractivity contribution < 1.29 is 19.4 Å². The molecule has 2 atom stereocenters. The Kier molecular flexibility index (Phi) is 4.22. The van der Waals surface area contributed by atoms with Crippen LogP contribution in [0.25, 0.3) is 0 Å². The van der Waals surface area contributed by atoms with Crippen LogP contribution in [0.15, 0.2) is 18.3 Å². The normalized spacial score (nSPS) is 22.4. The van der Waals surface area contributed by atoms with E-state index in [9.17, 15) is 9.59 Å². The molecule has 108 valence electrons. The van der Waals surface area contributed by atoms with Crippen LogP contribution in [-0.4, -0.2) is 46.6 Å². The lowest BCUT2D eigenvalue weighted by molar-refractivity contribution is -0.143. The molecule has 20 heavy (non-hydrogen) atoms. The molecule has 2 heterocycles. The van der Waals surface area contributed by atoms with E-state index in [0.29, 0.717) is 30.8 Å². The third-order valence-electron chi connectivity index (χ3n) is 3.68. The van der Waals surface area contributed by atoms with E-state index >= 15 is 0 Å². The summed E-state index contributed by atoms with van der Waals surface area (Å²) in [5.74, 6) is -1.02. The second kappa shape index (κ2) is 5.90. The van der Waals surface area contributed by atoms with Crippen LogP contribution in [-0.2, 0) is 4.79 Å². The van der Waals surface area contributed by atoms with Gasteiger partial charge in [-0.1, -0.05) is 0 Å². The minimum absolute atomic E-state index is 0.109. The van der Waals surface area contributed by atoms with E-state index in [1.165, 1.54) is 7.11 Å². The number of carboxylic acids is 1. The number of rotatable bonds is 3. The van der Waals surface area contributed by atoms with Crippen molar-refractivity contribution in [2.75, 3.05) is 13.7 Å². The smallest absolute Gasteiger partial charge is 0.306 e. The van der Waals surface area contributed by atoms with Crippen LogP contribution in [0, 0.1) is 5.92 Å². The number of amides is 1. The number of hydrogen-bond donors (Lipinski definition) is 1. The van der Waals surface area contributed by atoms with Crippen molar-refractivity contribution in [2.45, 2.75) is 25.8 Å². The van der Waals surface area contributed by atoms with Crippen molar-refractivity contribution in [3.05, 3.63) is 23.9 Å². The van der Waals surface area contributed by atoms with Gasteiger partial charge in [-0.3, -0.25) is 9.59 Å². The molecule has 1 N–H and O–H groups in total. The Bertz CT molecular complexity index is 518. The molecule has 1 aromatic rings. The first-order chi connectivity index (χ1) is 9.54. The Labute approximate surface area is 117 Å². The van der Waals surface area contributed by atoms with Gasteiger partial charge < -0.3 is 14.7 Å². The van der Waals surface area contributed by atoms with Gasteiger partial charge in [0.05, 0.1) is 13.0 Å². The number of carboxylic acid groups (broad SMARTS) is 1. The molecule has 0 spiro atoms. The highest BCUT2D eigenvalue weighted by atomic mass is 16.5. The number of methoxy groups -OCH3 is 1. The van der Waals surface area contributed by atoms with Gasteiger partial charge >= 0.3 is 5.97 Å². The van der Waals surface area contributed by atoms with Crippen LogP contribution in [0.5, 0.6) is 5.88 Å². The SMILES string of the molecule is COc1ncccc1C(=O)N1CCC(C(=O)O)CC1C. The highest BCUT2D eigenvalue weighted by molar-refractivity contribution is 5.96. The fourth-order valence-corrected chi connectivity index (χ4v) is 2.57. The average Bonchev–Trinajstić information content (AvgIpc) is 2.46. The molecule has 6 heteroatoms. The number of piperidine rings is 1. The van der Waals surface area contributed by atoms with Crippen molar-refractivity contribution in [2.24, 2.45) is 5.92 Å². The van der Waals surface area contributed by atoms with E-state index in [0.717, 1.165) is 0 Å². The Morgan fingerprint density at radius 1 is 1.50 bits per heavy atom. The van der Waals surface area contributed by atoms with E-state index < -0.39 is 5.97 Å². The van der Waals surface area contributed by atoms with Crippen LogP contribution >= 0.6 is 0 Å². The molecule has 0 saturated carbocycles. The Morgan fingerprint density at radius 2 is 2.25 bits per heavy atom. The molecular formula is C14H18N2O4. The zero-order valence-electron chi connectivity index (χ0n) is 11.6. The number of hydrogen-bond acceptors (Lipinski definition) is 4. The van der Waals surface area contributed by atoms with Gasteiger partial charge in [0.2, 0.25) is 5.88 Å². The number of nitrogens with zero attached hydrogens (tertiary/aromatic N) is 2. The van der Waals surface area contributed by atoms with Gasteiger partial charge in [-0.2, -0.15) is 0 Å². The van der Waals surface area contributed by atoms with Crippen LogP contribution < -0.4 is 4.74 Å². The number of carbonyl (C=O) groups excluding carboxylic acids is 1. The number of ether oxygens (including phenoxy) is 1. The molecule has 1 aliphatic rings. The fourth-order valence-electron chi connectivity index (χ4n) is 2.57. The second-order valence-electron chi connectivity index (χ2n) is 4.97. The predicted molar refractivity (Wildman–Crippen MR) is 71.6 cm³/mol. The molecule has 0 bridgehead atoms. The van der Waals surface area contributed by atoms with Gasteiger partial charge in [-0.25, -0.2) is 4.98 Å². The summed E-state index contributed by atoms with van der Waals surface area (Å²) in [7, 11) is 1.47. The number of pyridine rings is 1. The molecule has 1 amide bonds. The summed E-state index contributed by atoms with van der Waals surface area (Å²) in [5, 5.41) is 9.05. The van der Waals surface area contributed by atoms with Gasteiger partial charge in [-0.15, -0.1) is 0 Å². The van der Waals surface area contributed by atoms with Gasteiger partial charge in [0.25, 0.3) is 5.91 Å². The van der Waals surface area contributed by atoms with Gasteiger partial charge in [-0.05, 0) is 31.9 Å². The van der Waals surface area contributed by atoms with E-state index in [1.807, 2.05) is 6.92 Å². The first-order valence-electron chi connectivity index (χ1n) is 6.57. The third-order valence-corrected chi connectivity index (χ3v) is 3.68. The molecule has 6 nitrogen and oxygen atoms in total. The van der Waals surface area contributed by atoms with Crippen LogP contribution in [0.1, 0.15) is 30.1 Å². The molecular weight excluding hydrogens is 260 g/mol. The molecule has 1 aliphatic heterocycles. The van der Waals surface area contributed by atoms with Gasteiger partial charge in [0, 0.05) is 18.8 Å². The molecule has 0 radical (unpaired) electrons. The third kappa shape index (κ3) is 2.74. The van der Waals surface area contributed by atoms with Gasteiger partial charge in [0.15, 0.2) is 0 Å². The maximum absolute atomic E-state index is 12.5. The standard InChI is InChI=1S/C14H18N2O4/c1-9-8-10(14(18)19)5-7-16(9)13(17)11-4-3-6-15-12(11)20-2/h3-4,6,9-10H,5,7-8H2,1-2H3,(H,18,19). The summed E-state index contributed by atoms with van der Waals surface area (Å²) in [6.07, 6.45) is 2.52. The second-order valence-corrected chi connectivity index (χ2v) is 4.97. The number of aliphatic carboxylic acids is 1. The zero-order valence-corrected chi connectivity index (χ0v) is 11.6. The lowest BCUT2D eigenvalue weighted by atomic mass is 9.91. The predicted octanol–water partition coefficient (Wildman–Crippen LogP) is 1.42.